The Kier molecular flexibility index (Phi) is 7.04. The first-order chi connectivity index (χ1) is 14.0. The standard InChI is InChI=1S/C21H29N5O2S/c1-4-25(5-2)13-17-23-20-19(15-9-6-7-10-16(15)29-20)21(28)26(17)14-18(27)24(3)12-8-11-22/h4-10,12-14H2,1-3H3. The molecule has 0 atom stereocenters. The topological polar surface area (TPSA) is 82.2 Å². The van der Waals surface area contributed by atoms with Gasteiger partial charge in [-0.1, -0.05) is 13.8 Å². The second kappa shape index (κ2) is 9.51. The highest BCUT2D eigenvalue weighted by atomic mass is 32.1. The van der Waals surface area contributed by atoms with E-state index in [1.807, 2.05) is 0 Å². The average Bonchev–Trinajstić information content (AvgIpc) is 3.10. The molecular weight excluding hydrogens is 386 g/mol. The van der Waals surface area contributed by atoms with E-state index in [4.69, 9.17) is 10.2 Å². The minimum Gasteiger partial charge on any atom is -0.343 e. The van der Waals surface area contributed by atoms with Crippen molar-refractivity contribution in [3.05, 3.63) is 26.6 Å². The van der Waals surface area contributed by atoms with Gasteiger partial charge >= 0.3 is 0 Å². The molecule has 8 heteroatoms. The summed E-state index contributed by atoms with van der Waals surface area (Å²) in [6.07, 6.45) is 4.45. The van der Waals surface area contributed by atoms with Crippen LogP contribution in [0.15, 0.2) is 4.79 Å². The Morgan fingerprint density at radius 3 is 2.69 bits per heavy atom. The first kappa shape index (κ1) is 21.5. The highest BCUT2D eigenvalue weighted by molar-refractivity contribution is 7.18. The molecule has 0 radical (unpaired) electrons. The summed E-state index contributed by atoms with van der Waals surface area (Å²) in [6.45, 7) is 6.72. The van der Waals surface area contributed by atoms with Crippen LogP contribution in [0.3, 0.4) is 0 Å². The van der Waals surface area contributed by atoms with E-state index in [0.29, 0.717) is 24.3 Å². The summed E-state index contributed by atoms with van der Waals surface area (Å²) in [7, 11) is 1.67. The van der Waals surface area contributed by atoms with Gasteiger partial charge in [0, 0.05) is 18.5 Å². The number of carbonyl (C=O) groups is 1. The maximum atomic E-state index is 13.5. The first-order valence-electron chi connectivity index (χ1n) is 10.4. The van der Waals surface area contributed by atoms with Gasteiger partial charge in [-0.05, 0) is 44.3 Å². The molecule has 0 saturated heterocycles. The molecule has 0 saturated carbocycles. The van der Waals surface area contributed by atoms with E-state index in [1.165, 1.54) is 9.78 Å². The number of rotatable bonds is 8. The monoisotopic (exact) mass is 415 g/mol. The van der Waals surface area contributed by atoms with Crippen LogP contribution in [-0.4, -0.2) is 51.9 Å². The second-order valence-corrected chi connectivity index (χ2v) is 8.58. The summed E-state index contributed by atoms with van der Waals surface area (Å²) in [6, 6.07) is 2.06. The third-order valence-electron chi connectivity index (χ3n) is 5.69. The number of fused-ring (bicyclic) bond motifs is 3. The lowest BCUT2D eigenvalue weighted by molar-refractivity contribution is -0.130. The summed E-state index contributed by atoms with van der Waals surface area (Å²) in [5, 5.41) is 9.49. The molecule has 1 amide bonds. The van der Waals surface area contributed by atoms with Gasteiger partial charge in [0.1, 0.15) is 17.2 Å². The molecule has 156 valence electrons. The Bertz CT molecular complexity index is 984. The lowest BCUT2D eigenvalue weighted by Gasteiger charge is -2.22. The Hall–Kier alpha value is -2.24. The highest BCUT2D eigenvalue weighted by Crippen LogP contribution is 2.33. The molecule has 1 aliphatic carbocycles. The third kappa shape index (κ3) is 4.51. The van der Waals surface area contributed by atoms with Gasteiger partial charge in [0.05, 0.1) is 24.4 Å². The Balaban J connectivity index is 2.06. The predicted octanol–water partition coefficient (Wildman–Crippen LogP) is 2.55. The molecule has 0 N–H and O–H groups in total. The van der Waals surface area contributed by atoms with Crippen LogP contribution in [0.25, 0.3) is 10.2 Å². The number of nitrogens with zero attached hydrogens (tertiary/aromatic N) is 5. The fraction of sp³-hybridized carbons (Fsp3) is 0.619. The van der Waals surface area contributed by atoms with Gasteiger partial charge in [0.25, 0.3) is 5.56 Å². The molecule has 2 heterocycles. The lowest BCUT2D eigenvalue weighted by atomic mass is 9.97. The van der Waals surface area contributed by atoms with E-state index in [2.05, 4.69) is 24.8 Å². The number of thiophene rings is 1. The van der Waals surface area contributed by atoms with E-state index in [0.717, 1.165) is 49.2 Å². The molecule has 2 aromatic rings. The largest absolute Gasteiger partial charge is 0.343 e. The average molecular weight is 416 g/mol. The summed E-state index contributed by atoms with van der Waals surface area (Å²) >= 11 is 1.64. The minimum absolute atomic E-state index is 0.0368. The number of aromatic nitrogens is 2. The van der Waals surface area contributed by atoms with Crippen molar-refractivity contribution in [2.45, 2.75) is 59.0 Å². The van der Waals surface area contributed by atoms with Gasteiger partial charge in [0.15, 0.2) is 0 Å². The van der Waals surface area contributed by atoms with Gasteiger partial charge in [-0.3, -0.25) is 19.1 Å². The zero-order chi connectivity index (χ0) is 21.0. The maximum Gasteiger partial charge on any atom is 0.263 e. The number of carbonyl (C=O) groups excluding carboxylic acids is 1. The lowest BCUT2D eigenvalue weighted by Crippen LogP contribution is -2.37. The second-order valence-electron chi connectivity index (χ2n) is 7.50. The van der Waals surface area contributed by atoms with E-state index >= 15 is 0 Å². The zero-order valence-electron chi connectivity index (χ0n) is 17.5. The summed E-state index contributed by atoms with van der Waals surface area (Å²) in [5.74, 6) is 0.472. The van der Waals surface area contributed by atoms with Crippen LogP contribution in [0.2, 0.25) is 0 Å². The Morgan fingerprint density at radius 1 is 1.28 bits per heavy atom. The molecule has 29 heavy (non-hydrogen) atoms. The molecule has 0 unspecified atom stereocenters. The van der Waals surface area contributed by atoms with Crippen molar-refractivity contribution in [2.24, 2.45) is 0 Å². The van der Waals surface area contributed by atoms with Crippen LogP contribution in [0, 0.1) is 11.3 Å². The normalized spacial score (nSPS) is 13.5. The van der Waals surface area contributed by atoms with E-state index in [9.17, 15) is 9.59 Å². The van der Waals surface area contributed by atoms with Crippen molar-refractivity contribution in [1.29, 1.82) is 5.26 Å². The quantitative estimate of drug-likeness (QED) is 0.662. The van der Waals surface area contributed by atoms with Crippen molar-refractivity contribution in [1.82, 2.24) is 19.4 Å². The fourth-order valence-corrected chi connectivity index (χ4v) is 5.08. The molecule has 0 fully saturated rings. The molecule has 2 aromatic heterocycles. The van der Waals surface area contributed by atoms with Crippen LogP contribution >= 0.6 is 11.3 Å². The number of hydrogen-bond donors (Lipinski definition) is 0. The molecule has 7 nitrogen and oxygen atoms in total. The van der Waals surface area contributed by atoms with Gasteiger partial charge in [0.2, 0.25) is 5.91 Å². The van der Waals surface area contributed by atoms with Gasteiger partial charge in [-0.15, -0.1) is 11.3 Å². The SMILES string of the molecule is CCN(CC)Cc1nc2sc3c(c2c(=O)n1CC(=O)N(C)CCC#N)CCCC3. The number of likely N-dealkylation sites (N-methyl/N-ethyl adjacent to an activating group) is 1. The molecular formula is C21H29N5O2S. The van der Waals surface area contributed by atoms with Crippen molar-refractivity contribution in [2.75, 3.05) is 26.7 Å². The van der Waals surface area contributed by atoms with Crippen molar-refractivity contribution in [3.8, 4) is 6.07 Å². The number of amides is 1. The summed E-state index contributed by atoms with van der Waals surface area (Å²) in [4.78, 5) is 36.9. The smallest absolute Gasteiger partial charge is 0.263 e. The van der Waals surface area contributed by atoms with Gasteiger partial charge < -0.3 is 4.90 Å². The van der Waals surface area contributed by atoms with E-state index in [-0.39, 0.29) is 24.4 Å². The van der Waals surface area contributed by atoms with E-state index in [1.54, 1.807) is 23.0 Å². The van der Waals surface area contributed by atoms with Gasteiger partial charge in [-0.2, -0.15) is 5.26 Å². The number of hydrogen-bond acceptors (Lipinski definition) is 6. The third-order valence-corrected chi connectivity index (χ3v) is 6.88. The van der Waals surface area contributed by atoms with Crippen molar-refractivity contribution >= 4 is 27.5 Å². The van der Waals surface area contributed by atoms with Crippen LogP contribution in [0.5, 0.6) is 0 Å². The molecule has 0 aromatic carbocycles. The van der Waals surface area contributed by atoms with Crippen LogP contribution in [0.4, 0.5) is 0 Å². The molecule has 0 bridgehead atoms. The molecule has 0 aliphatic heterocycles. The van der Waals surface area contributed by atoms with Crippen LogP contribution in [0.1, 0.15) is 49.4 Å². The predicted molar refractivity (Wildman–Crippen MR) is 115 cm³/mol. The number of nitriles is 1. The van der Waals surface area contributed by atoms with Crippen LogP contribution < -0.4 is 5.56 Å². The molecule has 1 aliphatic rings. The van der Waals surface area contributed by atoms with Crippen LogP contribution in [-0.2, 0) is 30.7 Å². The zero-order valence-corrected chi connectivity index (χ0v) is 18.3. The molecule has 3 rings (SSSR count). The Morgan fingerprint density at radius 2 is 2.00 bits per heavy atom. The van der Waals surface area contributed by atoms with Crippen molar-refractivity contribution < 1.29 is 4.79 Å². The van der Waals surface area contributed by atoms with E-state index < -0.39 is 0 Å². The minimum atomic E-state index is -0.173. The van der Waals surface area contributed by atoms with Crippen molar-refractivity contribution in [3.63, 3.8) is 0 Å². The van der Waals surface area contributed by atoms with Gasteiger partial charge in [-0.25, -0.2) is 4.98 Å². The highest BCUT2D eigenvalue weighted by Gasteiger charge is 2.24. The summed E-state index contributed by atoms with van der Waals surface area (Å²) < 4.78 is 1.56. The first-order valence-corrected chi connectivity index (χ1v) is 11.2. The maximum absolute atomic E-state index is 13.5. The Labute approximate surface area is 175 Å². The fourth-order valence-electron chi connectivity index (χ4n) is 3.81. The number of aryl methyl sites for hydroxylation is 2. The molecule has 0 spiro atoms. The summed E-state index contributed by atoms with van der Waals surface area (Å²) in [5.41, 5.74) is 1.04.